The van der Waals surface area contributed by atoms with Gasteiger partial charge in [0.15, 0.2) is 0 Å². The fourth-order valence-corrected chi connectivity index (χ4v) is 2.80. The van der Waals surface area contributed by atoms with Gasteiger partial charge < -0.3 is 19.8 Å². The van der Waals surface area contributed by atoms with Crippen molar-refractivity contribution in [3.8, 4) is 5.75 Å². The van der Waals surface area contributed by atoms with Crippen molar-refractivity contribution in [1.29, 1.82) is 0 Å². The highest BCUT2D eigenvalue weighted by atomic mass is 16.5. The first kappa shape index (κ1) is 19.9. The van der Waals surface area contributed by atoms with Gasteiger partial charge in [0.25, 0.3) is 11.8 Å². The Morgan fingerprint density at radius 3 is 2.24 bits per heavy atom. The minimum absolute atomic E-state index is 0.0726. The quantitative estimate of drug-likeness (QED) is 0.615. The molecule has 0 aliphatic heterocycles. The number of para-hydroxylation sites is 1. The average Bonchev–Trinajstić information content (AvgIpc) is 3.23. The summed E-state index contributed by atoms with van der Waals surface area (Å²) in [6, 6.07) is 15.8. The lowest BCUT2D eigenvalue weighted by Gasteiger charge is -2.14. The third-order valence-corrected chi connectivity index (χ3v) is 4.39. The third kappa shape index (κ3) is 4.93. The van der Waals surface area contributed by atoms with Gasteiger partial charge in [0, 0.05) is 17.3 Å². The maximum Gasteiger partial charge on any atom is 0.272 e. The molecule has 148 valence electrons. The normalized spacial score (nSPS) is 11.1. The SMILES string of the molecule is COc1ccc(C(=O)N/C(=C\c2ccco2)C(=O)Nc2c(C)cccc2C)cc1. The molecule has 0 aliphatic rings. The van der Waals surface area contributed by atoms with Crippen molar-refractivity contribution in [3.05, 3.63) is 89.0 Å². The number of rotatable bonds is 6. The summed E-state index contributed by atoms with van der Waals surface area (Å²) in [5.74, 6) is 0.232. The number of anilines is 1. The summed E-state index contributed by atoms with van der Waals surface area (Å²) in [5.41, 5.74) is 3.04. The highest BCUT2D eigenvalue weighted by Crippen LogP contribution is 2.20. The molecule has 0 unspecified atom stereocenters. The molecule has 0 radical (unpaired) electrons. The number of carbonyl (C=O) groups excluding carboxylic acids is 2. The van der Waals surface area contributed by atoms with Gasteiger partial charge in [0.05, 0.1) is 13.4 Å². The van der Waals surface area contributed by atoms with Crippen molar-refractivity contribution in [2.24, 2.45) is 0 Å². The predicted molar refractivity (Wildman–Crippen MR) is 112 cm³/mol. The van der Waals surface area contributed by atoms with Crippen molar-refractivity contribution >= 4 is 23.6 Å². The van der Waals surface area contributed by atoms with Crippen LogP contribution in [0.2, 0.25) is 0 Å². The van der Waals surface area contributed by atoms with Crippen LogP contribution in [0.4, 0.5) is 5.69 Å². The molecule has 6 heteroatoms. The minimum atomic E-state index is -0.444. The Hall–Kier alpha value is -3.80. The molecule has 29 heavy (non-hydrogen) atoms. The van der Waals surface area contributed by atoms with E-state index in [1.165, 1.54) is 12.3 Å². The Morgan fingerprint density at radius 1 is 0.966 bits per heavy atom. The third-order valence-electron chi connectivity index (χ3n) is 4.39. The molecule has 0 atom stereocenters. The predicted octanol–water partition coefficient (Wildman–Crippen LogP) is 4.31. The van der Waals surface area contributed by atoms with Crippen molar-refractivity contribution in [1.82, 2.24) is 5.32 Å². The molecule has 0 saturated carbocycles. The van der Waals surface area contributed by atoms with E-state index in [4.69, 9.17) is 9.15 Å². The maximum absolute atomic E-state index is 13.0. The number of benzene rings is 2. The topological polar surface area (TPSA) is 80.6 Å². The van der Waals surface area contributed by atoms with Crippen LogP contribution in [0, 0.1) is 13.8 Å². The molecule has 0 fully saturated rings. The van der Waals surface area contributed by atoms with Crippen LogP contribution >= 0.6 is 0 Å². The Bertz CT molecular complexity index is 1010. The standard InChI is InChI=1S/C23H22N2O4/c1-15-6-4-7-16(2)21(15)25-23(27)20(14-19-8-5-13-29-19)24-22(26)17-9-11-18(28-3)12-10-17/h4-14H,1-3H3,(H,24,26)(H,25,27)/b20-14-. The number of hydrogen-bond acceptors (Lipinski definition) is 4. The van der Waals surface area contributed by atoms with Crippen molar-refractivity contribution in [2.75, 3.05) is 12.4 Å². The highest BCUT2D eigenvalue weighted by Gasteiger charge is 2.17. The Kier molecular flexibility index (Phi) is 6.14. The zero-order valence-electron chi connectivity index (χ0n) is 16.5. The second-order valence-corrected chi connectivity index (χ2v) is 6.48. The van der Waals surface area contributed by atoms with E-state index >= 15 is 0 Å². The lowest BCUT2D eigenvalue weighted by Crippen LogP contribution is -2.31. The molecule has 0 saturated heterocycles. The largest absolute Gasteiger partial charge is 0.497 e. The number of methoxy groups -OCH3 is 1. The summed E-state index contributed by atoms with van der Waals surface area (Å²) in [6.07, 6.45) is 2.99. The summed E-state index contributed by atoms with van der Waals surface area (Å²) in [6.45, 7) is 3.82. The first-order valence-electron chi connectivity index (χ1n) is 9.06. The number of carbonyl (C=O) groups is 2. The maximum atomic E-state index is 13.0. The van der Waals surface area contributed by atoms with Gasteiger partial charge in [-0.3, -0.25) is 9.59 Å². The molecule has 2 N–H and O–H groups in total. The summed E-state index contributed by atoms with van der Waals surface area (Å²) in [4.78, 5) is 25.6. The summed E-state index contributed by atoms with van der Waals surface area (Å²) < 4.78 is 10.4. The molecular weight excluding hydrogens is 368 g/mol. The first-order valence-corrected chi connectivity index (χ1v) is 9.06. The van der Waals surface area contributed by atoms with Crippen LogP contribution in [0.15, 0.2) is 71.0 Å². The number of hydrogen-bond donors (Lipinski definition) is 2. The van der Waals surface area contributed by atoms with E-state index in [0.717, 1.165) is 11.1 Å². The Labute approximate surface area is 169 Å². The number of furan rings is 1. The lowest BCUT2D eigenvalue weighted by atomic mass is 10.1. The van der Waals surface area contributed by atoms with Crippen molar-refractivity contribution in [2.45, 2.75) is 13.8 Å². The Balaban J connectivity index is 1.86. The van der Waals surface area contributed by atoms with Crippen LogP contribution in [-0.2, 0) is 4.79 Å². The van der Waals surface area contributed by atoms with E-state index in [-0.39, 0.29) is 5.70 Å². The van der Waals surface area contributed by atoms with Gasteiger partial charge >= 0.3 is 0 Å². The highest BCUT2D eigenvalue weighted by molar-refractivity contribution is 6.11. The summed E-state index contributed by atoms with van der Waals surface area (Å²) in [7, 11) is 1.55. The fraction of sp³-hybridized carbons (Fsp3) is 0.130. The molecule has 0 spiro atoms. The number of amides is 2. The van der Waals surface area contributed by atoms with Gasteiger partial charge in [-0.15, -0.1) is 0 Å². The van der Waals surface area contributed by atoms with E-state index in [9.17, 15) is 9.59 Å². The van der Waals surface area contributed by atoms with Crippen LogP contribution < -0.4 is 15.4 Å². The van der Waals surface area contributed by atoms with Crippen LogP contribution in [0.3, 0.4) is 0 Å². The van der Waals surface area contributed by atoms with E-state index < -0.39 is 11.8 Å². The van der Waals surface area contributed by atoms with Crippen molar-refractivity contribution < 1.29 is 18.7 Å². The Morgan fingerprint density at radius 2 is 1.66 bits per heavy atom. The molecule has 3 aromatic rings. The second-order valence-electron chi connectivity index (χ2n) is 6.48. The zero-order chi connectivity index (χ0) is 20.8. The molecule has 3 rings (SSSR count). The van der Waals surface area contributed by atoms with E-state index in [1.807, 2.05) is 32.0 Å². The molecule has 1 heterocycles. The zero-order valence-corrected chi connectivity index (χ0v) is 16.5. The van der Waals surface area contributed by atoms with Crippen LogP contribution in [0.25, 0.3) is 6.08 Å². The van der Waals surface area contributed by atoms with Gasteiger partial charge in [-0.25, -0.2) is 0 Å². The van der Waals surface area contributed by atoms with Gasteiger partial charge in [-0.2, -0.15) is 0 Å². The van der Waals surface area contributed by atoms with E-state index in [0.29, 0.717) is 22.8 Å². The minimum Gasteiger partial charge on any atom is -0.497 e. The van der Waals surface area contributed by atoms with Gasteiger partial charge in [-0.05, 0) is 61.4 Å². The molecule has 1 aromatic heterocycles. The monoisotopic (exact) mass is 390 g/mol. The van der Waals surface area contributed by atoms with Gasteiger partial charge in [-0.1, -0.05) is 18.2 Å². The second kappa shape index (κ2) is 8.93. The van der Waals surface area contributed by atoms with E-state index in [2.05, 4.69) is 10.6 Å². The fourth-order valence-electron chi connectivity index (χ4n) is 2.80. The first-order chi connectivity index (χ1) is 14.0. The molecule has 6 nitrogen and oxygen atoms in total. The van der Waals surface area contributed by atoms with E-state index in [1.54, 1.807) is 43.5 Å². The van der Waals surface area contributed by atoms with Crippen LogP contribution in [0.5, 0.6) is 5.75 Å². The summed E-state index contributed by atoms with van der Waals surface area (Å²) >= 11 is 0. The number of nitrogens with one attached hydrogen (secondary N) is 2. The molecule has 2 aromatic carbocycles. The average molecular weight is 390 g/mol. The van der Waals surface area contributed by atoms with Crippen LogP contribution in [0.1, 0.15) is 27.2 Å². The molecule has 2 amide bonds. The molecule has 0 aliphatic carbocycles. The van der Waals surface area contributed by atoms with Gasteiger partial charge in [0.2, 0.25) is 0 Å². The molecular formula is C23H22N2O4. The van der Waals surface area contributed by atoms with Gasteiger partial charge in [0.1, 0.15) is 17.2 Å². The number of aryl methyl sites for hydroxylation is 2. The number of ether oxygens (including phenoxy) is 1. The molecule has 0 bridgehead atoms. The van der Waals surface area contributed by atoms with Crippen LogP contribution in [-0.4, -0.2) is 18.9 Å². The smallest absolute Gasteiger partial charge is 0.272 e. The summed E-state index contributed by atoms with van der Waals surface area (Å²) in [5, 5.41) is 5.56. The lowest BCUT2D eigenvalue weighted by molar-refractivity contribution is -0.113. The van der Waals surface area contributed by atoms with Crippen molar-refractivity contribution in [3.63, 3.8) is 0 Å².